The third-order valence-electron chi connectivity index (χ3n) is 4.46. The van der Waals surface area contributed by atoms with Gasteiger partial charge in [0.2, 0.25) is 0 Å². The van der Waals surface area contributed by atoms with E-state index in [0.29, 0.717) is 25.3 Å². The topological polar surface area (TPSA) is 56.1 Å². The Morgan fingerprint density at radius 1 is 1.07 bits per heavy atom. The second-order valence-electron chi connectivity index (χ2n) is 6.44. The van der Waals surface area contributed by atoms with E-state index in [0.717, 1.165) is 28.8 Å². The lowest BCUT2D eigenvalue weighted by Crippen LogP contribution is -2.24. The molecule has 0 atom stereocenters. The zero-order chi connectivity index (χ0) is 19.1. The number of carbonyl (C=O) groups is 1. The van der Waals surface area contributed by atoms with Crippen molar-refractivity contribution in [3.05, 3.63) is 88.7 Å². The van der Waals surface area contributed by atoms with Crippen molar-refractivity contribution in [2.75, 3.05) is 7.11 Å². The van der Waals surface area contributed by atoms with Crippen molar-refractivity contribution < 1.29 is 9.53 Å². The summed E-state index contributed by atoms with van der Waals surface area (Å²) in [4.78, 5) is 12.7. The van der Waals surface area contributed by atoms with Crippen molar-refractivity contribution in [1.29, 1.82) is 0 Å². The number of ether oxygens (including phenoxy) is 1. The molecule has 0 aliphatic heterocycles. The Hall–Kier alpha value is -2.92. The molecule has 0 saturated carbocycles. The zero-order valence-corrected chi connectivity index (χ0v) is 15.8. The van der Waals surface area contributed by atoms with E-state index in [1.807, 2.05) is 54.1 Å². The van der Waals surface area contributed by atoms with Crippen LogP contribution in [0.15, 0.2) is 60.8 Å². The molecule has 1 aromatic heterocycles. The van der Waals surface area contributed by atoms with Crippen molar-refractivity contribution in [3.8, 4) is 0 Å². The van der Waals surface area contributed by atoms with Crippen LogP contribution in [0.5, 0.6) is 0 Å². The van der Waals surface area contributed by atoms with Crippen molar-refractivity contribution in [3.63, 3.8) is 0 Å². The molecule has 2 aromatic carbocycles. The molecule has 0 aliphatic carbocycles. The summed E-state index contributed by atoms with van der Waals surface area (Å²) < 4.78 is 7.07. The molecule has 0 saturated heterocycles. The van der Waals surface area contributed by atoms with Crippen molar-refractivity contribution in [2.45, 2.75) is 33.0 Å². The molecule has 27 heavy (non-hydrogen) atoms. The van der Waals surface area contributed by atoms with Crippen LogP contribution in [0.1, 0.15) is 39.7 Å². The molecule has 1 N–H and O–H groups in total. The van der Waals surface area contributed by atoms with Crippen LogP contribution in [0.25, 0.3) is 0 Å². The minimum atomic E-state index is -0.0942. The van der Waals surface area contributed by atoms with Gasteiger partial charge in [-0.25, -0.2) is 0 Å². The van der Waals surface area contributed by atoms with Crippen LogP contribution in [-0.2, 0) is 30.9 Å². The summed E-state index contributed by atoms with van der Waals surface area (Å²) in [5.41, 5.74) is 4.89. The maximum atomic E-state index is 12.7. The number of hydrogen-bond acceptors (Lipinski definition) is 3. The Morgan fingerprint density at radius 3 is 2.56 bits per heavy atom. The minimum Gasteiger partial charge on any atom is -0.380 e. The first-order chi connectivity index (χ1) is 13.2. The highest BCUT2D eigenvalue weighted by molar-refractivity contribution is 5.95. The van der Waals surface area contributed by atoms with E-state index in [1.165, 1.54) is 0 Å². The SMILES string of the molecule is CCc1c(C(=O)NCc2cccc(COC)c2)cnn1Cc1ccccc1. The number of hydrogen-bond donors (Lipinski definition) is 1. The smallest absolute Gasteiger partial charge is 0.255 e. The van der Waals surface area contributed by atoms with Gasteiger partial charge < -0.3 is 10.1 Å². The van der Waals surface area contributed by atoms with Gasteiger partial charge in [-0.15, -0.1) is 0 Å². The number of nitrogens with zero attached hydrogens (tertiary/aromatic N) is 2. The van der Waals surface area contributed by atoms with E-state index < -0.39 is 0 Å². The third-order valence-corrected chi connectivity index (χ3v) is 4.46. The van der Waals surface area contributed by atoms with E-state index in [9.17, 15) is 4.79 Å². The lowest BCUT2D eigenvalue weighted by molar-refractivity contribution is 0.0950. The van der Waals surface area contributed by atoms with E-state index in [2.05, 4.69) is 22.5 Å². The molecule has 140 valence electrons. The predicted octanol–water partition coefficient (Wildman–Crippen LogP) is 3.57. The average Bonchev–Trinajstić information content (AvgIpc) is 3.10. The molecule has 5 nitrogen and oxygen atoms in total. The molecule has 0 unspecified atom stereocenters. The molecule has 3 rings (SSSR count). The molecule has 3 aromatic rings. The zero-order valence-electron chi connectivity index (χ0n) is 15.8. The first-order valence-electron chi connectivity index (χ1n) is 9.14. The highest BCUT2D eigenvalue weighted by Gasteiger charge is 2.16. The van der Waals surface area contributed by atoms with E-state index >= 15 is 0 Å². The summed E-state index contributed by atoms with van der Waals surface area (Å²) in [5.74, 6) is -0.0942. The van der Waals surface area contributed by atoms with Crippen molar-refractivity contribution in [1.82, 2.24) is 15.1 Å². The standard InChI is InChI=1S/C22H25N3O2/c1-3-21-20(14-24-25(21)15-17-8-5-4-6-9-17)22(26)23-13-18-10-7-11-19(12-18)16-27-2/h4-12,14H,3,13,15-16H2,1-2H3,(H,23,26). The fourth-order valence-corrected chi connectivity index (χ4v) is 3.14. The highest BCUT2D eigenvalue weighted by Crippen LogP contribution is 2.13. The predicted molar refractivity (Wildman–Crippen MR) is 105 cm³/mol. The number of rotatable bonds is 8. The van der Waals surface area contributed by atoms with Gasteiger partial charge in [0.25, 0.3) is 5.91 Å². The van der Waals surface area contributed by atoms with Gasteiger partial charge in [0.05, 0.1) is 30.6 Å². The van der Waals surface area contributed by atoms with Gasteiger partial charge in [-0.3, -0.25) is 9.48 Å². The molecule has 0 fully saturated rings. The molecular formula is C22H25N3O2. The molecular weight excluding hydrogens is 338 g/mol. The molecule has 0 aliphatic rings. The summed E-state index contributed by atoms with van der Waals surface area (Å²) in [6.07, 6.45) is 2.41. The lowest BCUT2D eigenvalue weighted by Gasteiger charge is -2.09. The van der Waals surface area contributed by atoms with Crippen LogP contribution in [0, 0.1) is 0 Å². The first-order valence-corrected chi connectivity index (χ1v) is 9.14. The van der Waals surface area contributed by atoms with Crippen LogP contribution in [0.2, 0.25) is 0 Å². The Labute approximate surface area is 160 Å². The lowest BCUT2D eigenvalue weighted by atomic mass is 10.1. The summed E-state index contributed by atoms with van der Waals surface area (Å²) in [7, 11) is 1.67. The fourth-order valence-electron chi connectivity index (χ4n) is 3.14. The first kappa shape index (κ1) is 18.9. The Morgan fingerprint density at radius 2 is 1.81 bits per heavy atom. The van der Waals surface area contributed by atoms with Crippen LogP contribution >= 0.6 is 0 Å². The average molecular weight is 363 g/mol. The van der Waals surface area contributed by atoms with Crippen molar-refractivity contribution >= 4 is 5.91 Å². The number of benzene rings is 2. The Balaban J connectivity index is 1.69. The van der Waals surface area contributed by atoms with Gasteiger partial charge >= 0.3 is 0 Å². The minimum absolute atomic E-state index is 0.0942. The summed E-state index contributed by atoms with van der Waals surface area (Å²) >= 11 is 0. The maximum Gasteiger partial charge on any atom is 0.255 e. The second kappa shape index (κ2) is 9.14. The summed E-state index contributed by atoms with van der Waals surface area (Å²) in [6, 6.07) is 18.2. The largest absolute Gasteiger partial charge is 0.380 e. The van der Waals surface area contributed by atoms with Gasteiger partial charge in [-0.05, 0) is 23.1 Å². The van der Waals surface area contributed by atoms with Crippen LogP contribution in [0.4, 0.5) is 0 Å². The van der Waals surface area contributed by atoms with E-state index in [1.54, 1.807) is 13.3 Å². The summed E-state index contributed by atoms with van der Waals surface area (Å²) in [5, 5.41) is 7.44. The number of carbonyl (C=O) groups excluding carboxylic acids is 1. The Kier molecular flexibility index (Phi) is 6.39. The third kappa shape index (κ3) is 4.83. The van der Waals surface area contributed by atoms with Gasteiger partial charge in [0.1, 0.15) is 0 Å². The van der Waals surface area contributed by atoms with Gasteiger partial charge in [0, 0.05) is 13.7 Å². The van der Waals surface area contributed by atoms with E-state index in [4.69, 9.17) is 4.74 Å². The molecule has 0 bridgehead atoms. The number of aromatic nitrogens is 2. The summed E-state index contributed by atoms with van der Waals surface area (Å²) in [6.45, 7) is 3.75. The van der Waals surface area contributed by atoms with Crippen molar-refractivity contribution in [2.24, 2.45) is 0 Å². The number of nitrogens with one attached hydrogen (secondary N) is 1. The number of methoxy groups -OCH3 is 1. The van der Waals surface area contributed by atoms with Gasteiger partial charge in [0.15, 0.2) is 0 Å². The Bertz CT molecular complexity index is 888. The highest BCUT2D eigenvalue weighted by atomic mass is 16.5. The molecule has 1 amide bonds. The van der Waals surface area contributed by atoms with Crippen LogP contribution < -0.4 is 5.32 Å². The molecule has 5 heteroatoms. The monoisotopic (exact) mass is 363 g/mol. The van der Waals surface area contributed by atoms with Crippen LogP contribution in [0.3, 0.4) is 0 Å². The number of amides is 1. The quantitative estimate of drug-likeness (QED) is 0.666. The molecule has 0 spiro atoms. The normalized spacial score (nSPS) is 10.7. The van der Waals surface area contributed by atoms with E-state index in [-0.39, 0.29) is 5.91 Å². The maximum absolute atomic E-state index is 12.7. The molecule has 1 heterocycles. The van der Waals surface area contributed by atoms with Gasteiger partial charge in [-0.2, -0.15) is 5.10 Å². The molecule has 0 radical (unpaired) electrons. The van der Waals surface area contributed by atoms with Gasteiger partial charge in [-0.1, -0.05) is 61.5 Å². The van der Waals surface area contributed by atoms with Crippen LogP contribution in [-0.4, -0.2) is 22.8 Å². The fraction of sp³-hybridized carbons (Fsp3) is 0.273. The second-order valence-corrected chi connectivity index (χ2v) is 6.44.